The van der Waals surface area contributed by atoms with E-state index in [1.807, 2.05) is 0 Å². The maximum absolute atomic E-state index is 2.51. The number of fused-ring (bicyclic) bond motifs is 10. The number of aryl methyl sites for hydroxylation is 1. The van der Waals surface area contributed by atoms with Gasteiger partial charge in [-0.15, -0.1) is 0 Å². The van der Waals surface area contributed by atoms with Crippen LogP contribution >= 0.6 is 0 Å². The first kappa shape index (κ1) is 35.3. The summed E-state index contributed by atoms with van der Waals surface area (Å²) >= 11 is 0. The molecule has 0 aliphatic heterocycles. The summed E-state index contributed by atoms with van der Waals surface area (Å²) in [6.07, 6.45) is 20.4. The number of rotatable bonds is 5. The van der Waals surface area contributed by atoms with E-state index in [0.717, 1.165) is 38.5 Å². The van der Waals surface area contributed by atoms with Crippen LogP contribution in [0, 0.1) is 0 Å². The van der Waals surface area contributed by atoms with Gasteiger partial charge in [-0.2, -0.15) is 0 Å². The molecule has 0 unspecified atom stereocenters. The van der Waals surface area contributed by atoms with Gasteiger partial charge in [-0.1, -0.05) is 141 Å². The Morgan fingerprint density at radius 3 is 2.15 bits per heavy atom. The Bertz CT molecular complexity index is 3240. The highest BCUT2D eigenvalue weighted by Gasteiger charge is 2.35. The molecule has 0 saturated carbocycles. The van der Waals surface area contributed by atoms with Gasteiger partial charge in [0, 0.05) is 22.5 Å². The van der Waals surface area contributed by atoms with Crippen LogP contribution in [0.3, 0.4) is 0 Å². The Morgan fingerprint density at radius 2 is 1.25 bits per heavy atom. The molecule has 60 heavy (non-hydrogen) atoms. The van der Waals surface area contributed by atoms with Crippen LogP contribution in [0.5, 0.6) is 0 Å². The normalized spacial score (nSPS) is 16.0. The molecule has 4 aliphatic carbocycles. The quantitative estimate of drug-likeness (QED) is 0.158. The van der Waals surface area contributed by atoms with Crippen molar-refractivity contribution >= 4 is 55.3 Å². The van der Waals surface area contributed by atoms with Crippen LogP contribution in [0.25, 0.3) is 66.2 Å². The molecule has 8 aromatic rings. The Kier molecular flexibility index (Phi) is 8.04. The maximum atomic E-state index is 2.51. The molecule has 1 nitrogen and oxygen atoms in total. The van der Waals surface area contributed by atoms with Crippen molar-refractivity contribution in [3.63, 3.8) is 0 Å². The second kappa shape index (κ2) is 13.7. The molecule has 0 amide bonds. The molecule has 288 valence electrons. The lowest BCUT2D eigenvalue weighted by Crippen LogP contribution is -2.18. The minimum absolute atomic E-state index is 0.0153. The summed E-state index contributed by atoms with van der Waals surface area (Å²) in [6, 6.07) is 53.4. The minimum atomic E-state index is -0.0153. The van der Waals surface area contributed by atoms with E-state index in [1.54, 1.807) is 0 Å². The third kappa shape index (κ3) is 5.45. The fourth-order valence-electron chi connectivity index (χ4n) is 11.1. The zero-order valence-electron chi connectivity index (χ0n) is 34.4. The predicted molar refractivity (Wildman–Crippen MR) is 256 cm³/mol. The van der Waals surface area contributed by atoms with E-state index in [4.69, 9.17) is 0 Å². The lowest BCUT2D eigenvalue weighted by atomic mass is 9.80. The average molecular weight is 770 g/mol. The fourth-order valence-corrected chi connectivity index (χ4v) is 11.1. The summed E-state index contributed by atoms with van der Waals surface area (Å²) < 4.78 is 0. The van der Waals surface area contributed by atoms with Crippen molar-refractivity contribution in [2.75, 3.05) is 4.90 Å². The first-order chi connectivity index (χ1) is 29.5. The Hall–Kier alpha value is -6.70. The second-order valence-electron chi connectivity index (χ2n) is 17.7. The maximum Gasteiger partial charge on any atom is 0.0464 e. The first-order valence-electron chi connectivity index (χ1n) is 21.9. The zero-order chi connectivity index (χ0) is 40.0. The standard InChI is InChI=1S/C59H47N/c1-59(2)56-26-13-12-22-50(56)55-37-45(31-32-57(55)59)60(43-17-4-3-5-18-43)44-30-29-39-33-41(28-27-40(39)34-44)53-35-42-36-54(47-25-14-16-38-15-6-7-19-46(38)47)49-21-9-11-24-52(49)58(42)51-23-10-8-20-48(51)53/h3-4,6-7,9-13,15,17,19,21-37H,5,8,14,16,18,20H2,1-2H3. The van der Waals surface area contributed by atoms with Crippen molar-refractivity contribution in [3.8, 4) is 22.3 Å². The van der Waals surface area contributed by atoms with Gasteiger partial charge in [0.2, 0.25) is 0 Å². The van der Waals surface area contributed by atoms with E-state index in [0.29, 0.717) is 0 Å². The number of benzene rings is 8. The smallest absolute Gasteiger partial charge is 0.0464 e. The molecule has 0 fully saturated rings. The molecular formula is C59H47N. The van der Waals surface area contributed by atoms with Crippen molar-refractivity contribution in [3.05, 3.63) is 215 Å². The Labute approximate surface area is 353 Å². The van der Waals surface area contributed by atoms with Crippen LogP contribution in [-0.4, -0.2) is 0 Å². The number of hydrogen-bond acceptors (Lipinski definition) is 1. The third-order valence-electron chi connectivity index (χ3n) is 14.0. The molecule has 0 N–H and O–H groups in total. The van der Waals surface area contributed by atoms with Gasteiger partial charge in [0.1, 0.15) is 0 Å². The summed E-state index contributed by atoms with van der Waals surface area (Å²) in [5, 5.41) is 7.90. The first-order valence-corrected chi connectivity index (χ1v) is 21.9. The molecule has 0 saturated heterocycles. The van der Waals surface area contributed by atoms with Gasteiger partial charge >= 0.3 is 0 Å². The third-order valence-corrected chi connectivity index (χ3v) is 14.0. The van der Waals surface area contributed by atoms with Crippen molar-refractivity contribution in [2.45, 2.75) is 57.8 Å². The molecule has 8 aromatic carbocycles. The molecule has 4 aliphatic rings. The van der Waals surface area contributed by atoms with Gasteiger partial charge in [-0.25, -0.2) is 0 Å². The van der Waals surface area contributed by atoms with Crippen LogP contribution in [0.15, 0.2) is 176 Å². The van der Waals surface area contributed by atoms with Gasteiger partial charge in [-0.3, -0.25) is 0 Å². The van der Waals surface area contributed by atoms with Crippen LogP contribution < -0.4 is 4.90 Å². The molecule has 12 rings (SSSR count). The molecule has 0 spiro atoms. The van der Waals surface area contributed by atoms with E-state index in [9.17, 15) is 0 Å². The number of allylic oxidation sites excluding steroid dienone is 6. The zero-order valence-corrected chi connectivity index (χ0v) is 34.4. The fraction of sp³-hybridized carbons (Fsp3) is 0.153. The van der Waals surface area contributed by atoms with Gasteiger partial charge in [-0.05, 0) is 186 Å². The average Bonchev–Trinajstić information content (AvgIpc) is 3.53. The van der Waals surface area contributed by atoms with Crippen LogP contribution in [-0.2, 0) is 18.3 Å². The highest BCUT2D eigenvalue weighted by atomic mass is 15.1. The minimum Gasteiger partial charge on any atom is -0.314 e. The SMILES string of the molecule is CC1(C)c2ccccc2-c2cc(N(C3=CC=CCC3)c3ccc4cc(-c5cc6cc(C7=CCCc8ccccc87)c7ccccc7c6c6c5CCC=C6)ccc4c3)ccc21. The van der Waals surface area contributed by atoms with Gasteiger partial charge < -0.3 is 4.90 Å². The molecule has 0 aromatic heterocycles. The number of anilines is 2. The number of nitrogens with zero attached hydrogens (tertiary/aromatic N) is 1. The molecule has 1 heteroatoms. The lowest BCUT2D eigenvalue weighted by molar-refractivity contribution is 0.660. The van der Waals surface area contributed by atoms with E-state index < -0.39 is 0 Å². The molecular weight excluding hydrogens is 723 g/mol. The molecule has 0 bridgehead atoms. The monoisotopic (exact) mass is 769 g/mol. The van der Waals surface area contributed by atoms with E-state index in [2.05, 4.69) is 195 Å². The highest BCUT2D eigenvalue weighted by Crippen LogP contribution is 2.51. The summed E-state index contributed by atoms with van der Waals surface area (Å²) in [4.78, 5) is 2.50. The summed E-state index contributed by atoms with van der Waals surface area (Å²) in [5.74, 6) is 0. The largest absolute Gasteiger partial charge is 0.314 e. The van der Waals surface area contributed by atoms with Crippen molar-refractivity contribution in [2.24, 2.45) is 0 Å². The Balaban J connectivity index is 0.988. The summed E-state index contributed by atoms with van der Waals surface area (Å²) in [5.41, 5.74) is 20.3. The Morgan fingerprint density at radius 1 is 0.517 bits per heavy atom. The van der Waals surface area contributed by atoms with Crippen LogP contribution in [0.2, 0.25) is 0 Å². The van der Waals surface area contributed by atoms with E-state index in [-0.39, 0.29) is 5.41 Å². The van der Waals surface area contributed by atoms with E-state index >= 15 is 0 Å². The van der Waals surface area contributed by atoms with Crippen molar-refractivity contribution in [1.29, 1.82) is 0 Å². The van der Waals surface area contributed by atoms with Gasteiger partial charge in [0.05, 0.1) is 0 Å². The highest BCUT2D eigenvalue weighted by molar-refractivity contribution is 6.17. The summed E-state index contributed by atoms with van der Waals surface area (Å²) in [6.45, 7) is 4.72. The predicted octanol–water partition coefficient (Wildman–Crippen LogP) is 15.8. The van der Waals surface area contributed by atoms with Crippen LogP contribution in [0.1, 0.15) is 78.5 Å². The lowest BCUT2D eigenvalue weighted by Gasteiger charge is -2.30. The van der Waals surface area contributed by atoms with E-state index in [1.165, 1.54) is 116 Å². The topological polar surface area (TPSA) is 3.24 Å². The summed E-state index contributed by atoms with van der Waals surface area (Å²) in [7, 11) is 0. The second-order valence-corrected chi connectivity index (χ2v) is 17.7. The number of hydrogen-bond donors (Lipinski definition) is 0. The van der Waals surface area contributed by atoms with Crippen molar-refractivity contribution in [1.82, 2.24) is 0 Å². The van der Waals surface area contributed by atoms with Crippen LogP contribution in [0.4, 0.5) is 11.4 Å². The molecule has 0 atom stereocenters. The van der Waals surface area contributed by atoms with Gasteiger partial charge in [0.15, 0.2) is 0 Å². The molecule has 0 heterocycles. The van der Waals surface area contributed by atoms with Gasteiger partial charge in [0.25, 0.3) is 0 Å². The molecule has 0 radical (unpaired) electrons. The van der Waals surface area contributed by atoms with Crippen molar-refractivity contribution < 1.29 is 0 Å².